The molecule has 0 aliphatic rings. The highest BCUT2D eigenvalue weighted by Gasteiger charge is 2.17. The van der Waals surface area contributed by atoms with Gasteiger partial charge < -0.3 is 5.73 Å². The quantitative estimate of drug-likeness (QED) is 0.591. The molecule has 0 fully saturated rings. The highest BCUT2D eigenvalue weighted by molar-refractivity contribution is 8.06. The molecular weight excluding hydrogens is 228 g/mol. The van der Waals surface area contributed by atoms with Crippen LogP contribution in [0.15, 0.2) is 0 Å². The summed E-state index contributed by atoms with van der Waals surface area (Å²) in [6.07, 6.45) is 0.874. The Bertz CT molecular complexity index is 359. The van der Waals surface area contributed by atoms with Gasteiger partial charge in [0.05, 0.1) is 0 Å². The van der Waals surface area contributed by atoms with E-state index >= 15 is 0 Å². The van der Waals surface area contributed by atoms with Crippen LogP contribution >= 0.6 is 0 Å². The zero-order valence-corrected chi connectivity index (χ0v) is 9.86. The van der Waals surface area contributed by atoms with Crippen LogP contribution in [0.5, 0.6) is 0 Å². The summed E-state index contributed by atoms with van der Waals surface area (Å²) < 4.78 is 45.9. The number of sulfone groups is 1. The molecule has 0 aromatic heterocycles. The molecule has 1 atom stereocenters. The molecule has 14 heavy (non-hydrogen) atoms. The van der Waals surface area contributed by atoms with Crippen LogP contribution < -0.4 is 10.5 Å². The molecule has 0 radical (unpaired) electrons. The summed E-state index contributed by atoms with van der Waals surface area (Å²) in [5.74, 6) is -0.00987. The third-order valence-corrected chi connectivity index (χ3v) is 4.98. The fraction of sp³-hybridized carbons (Fsp3) is 1.00. The number of nitrogens with two attached hydrogens (primary N) is 1. The number of sulfonamides is 1. The second-order valence-corrected chi connectivity index (χ2v) is 7.66. The van der Waals surface area contributed by atoms with E-state index in [4.69, 9.17) is 5.73 Å². The molecule has 0 saturated carbocycles. The third kappa shape index (κ3) is 7.25. The van der Waals surface area contributed by atoms with Crippen LogP contribution in [0.4, 0.5) is 0 Å². The largest absolute Gasteiger partial charge is 0.330 e. The predicted octanol–water partition coefficient (Wildman–Crippen LogP) is -1.50. The van der Waals surface area contributed by atoms with E-state index in [1.54, 1.807) is 6.92 Å². The second kappa shape index (κ2) is 5.06. The maximum Gasteiger partial charge on any atom is 0.226 e. The smallest absolute Gasteiger partial charge is 0.226 e. The number of rotatable bonds is 6. The molecule has 0 heterocycles. The lowest BCUT2D eigenvalue weighted by molar-refractivity contribution is 0.546. The van der Waals surface area contributed by atoms with Crippen molar-refractivity contribution >= 4 is 19.9 Å². The Hall–Kier alpha value is -0.180. The minimum absolute atomic E-state index is 0.00987. The molecule has 0 aromatic rings. The summed E-state index contributed by atoms with van der Waals surface area (Å²) in [6.45, 7) is 2.28. The Kier molecular flexibility index (Phi) is 4.99. The highest BCUT2D eigenvalue weighted by Crippen LogP contribution is 1.94. The monoisotopic (exact) mass is 244 g/mol. The van der Waals surface area contributed by atoms with Crippen molar-refractivity contribution in [2.75, 3.05) is 24.4 Å². The number of hydrogen-bond donors (Lipinski definition) is 2. The average molecular weight is 244 g/mol. The lowest BCUT2D eigenvalue weighted by Crippen LogP contribution is -2.34. The van der Waals surface area contributed by atoms with Gasteiger partial charge in [-0.05, 0) is 12.5 Å². The molecule has 0 saturated heterocycles. The summed E-state index contributed by atoms with van der Waals surface area (Å²) in [5, 5.41) is -0.878. The van der Waals surface area contributed by atoms with Crippen molar-refractivity contribution in [2.24, 2.45) is 11.7 Å². The van der Waals surface area contributed by atoms with Gasteiger partial charge in [-0.3, -0.25) is 0 Å². The Morgan fingerprint density at radius 1 is 1.29 bits per heavy atom. The Balaban J connectivity index is 4.24. The van der Waals surface area contributed by atoms with E-state index in [0.717, 1.165) is 6.26 Å². The van der Waals surface area contributed by atoms with Gasteiger partial charge in [-0.25, -0.2) is 21.6 Å². The van der Waals surface area contributed by atoms with E-state index in [2.05, 4.69) is 4.72 Å². The summed E-state index contributed by atoms with van der Waals surface area (Å²) in [4.78, 5) is 0. The first-order chi connectivity index (χ1) is 6.16. The second-order valence-electron chi connectivity index (χ2n) is 3.35. The zero-order chi connectivity index (χ0) is 11.4. The predicted molar refractivity (Wildman–Crippen MR) is 54.9 cm³/mol. The van der Waals surface area contributed by atoms with Crippen LogP contribution in [0.25, 0.3) is 0 Å². The van der Waals surface area contributed by atoms with Gasteiger partial charge in [-0.15, -0.1) is 0 Å². The maximum atomic E-state index is 11.1. The molecule has 3 N–H and O–H groups in total. The van der Waals surface area contributed by atoms with Crippen LogP contribution in [0.2, 0.25) is 0 Å². The summed E-state index contributed by atoms with van der Waals surface area (Å²) in [6, 6.07) is 0. The van der Waals surface area contributed by atoms with Crippen LogP contribution in [0.3, 0.4) is 0 Å². The first-order valence-electron chi connectivity index (χ1n) is 4.01. The van der Waals surface area contributed by atoms with E-state index in [1.807, 2.05) is 0 Å². The zero-order valence-electron chi connectivity index (χ0n) is 8.23. The minimum Gasteiger partial charge on any atom is -0.330 e. The van der Waals surface area contributed by atoms with Gasteiger partial charge in [0.25, 0.3) is 0 Å². The van der Waals surface area contributed by atoms with Crippen LogP contribution in [-0.2, 0) is 19.9 Å². The lowest BCUT2D eigenvalue weighted by Gasteiger charge is -2.09. The minimum atomic E-state index is -3.74. The lowest BCUT2D eigenvalue weighted by atomic mass is 10.2. The standard InChI is InChI=1S/C6H16N2O4S2/c1-6(3-7)4-8-14(11,12)5-13(2,9)10/h6,8H,3-5,7H2,1-2H3. The van der Waals surface area contributed by atoms with Gasteiger partial charge in [0, 0.05) is 12.8 Å². The Morgan fingerprint density at radius 3 is 2.14 bits per heavy atom. The SMILES string of the molecule is CC(CN)CNS(=O)(=O)CS(C)(=O)=O. The molecule has 6 nitrogen and oxygen atoms in total. The molecule has 0 aliphatic heterocycles. The molecule has 1 unspecified atom stereocenters. The van der Waals surface area contributed by atoms with E-state index in [9.17, 15) is 16.8 Å². The molecule has 0 spiro atoms. The van der Waals surface area contributed by atoms with Crippen molar-refractivity contribution in [3.05, 3.63) is 0 Å². The summed E-state index contributed by atoms with van der Waals surface area (Å²) in [7, 11) is -7.26. The van der Waals surface area contributed by atoms with E-state index in [1.165, 1.54) is 0 Å². The average Bonchev–Trinajstić information content (AvgIpc) is 1.96. The van der Waals surface area contributed by atoms with Gasteiger partial charge in [0.1, 0.15) is 0 Å². The third-order valence-electron chi connectivity index (χ3n) is 1.42. The molecular formula is C6H16N2O4S2. The first kappa shape index (κ1) is 13.8. The van der Waals surface area contributed by atoms with E-state index < -0.39 is 24.9 Å². The van der Waals surface area contributed by atoms with Crippen molar-refractivity contribution in [1.29, 1.82) is 0 Å². The van der Waals surface area contributed by atoms with Gasteiger partial charge in [-0.1, -0.05) is 6.92 Å². The number of nitrogens with one attached hydrogen (secondary N) is 1. The van der Waals surface area contributed by atoms with Crippen molar-refractivity contribution < 1.29 is 16.8 Å². The molecule has 0 rings (SSSR count). The number of hydrogen-bond acceptors (Lipinski definition) is 5. The Morgan fingerprint density at radius 2 is 1.79 bits per heavy atom. The fourth-order valence-electron chi connectivity index (χ4n) is 0.676. The first-order valence-corrected chi connectivity index (χ1v) is 7.72. The van der Waals surface area contributed by atoms with Gasteiger partial charge in [-0.2, -0.15) is 0 Å². The molecule has 0 bridgehead atoms. The van der Waals surface area contributed by atoms with Crippen molar-refractivity contribution in [1.82, 2.24) is 4.72 Å². The molecule has 8 heteroatoms. The van der Waals surface area contributed by atoms with Gasteiger partial charge in [0.2, 0.25) is 10.0 Å². The molecule has 0 amide bonds. The van der Waals surface area contributed by atoms with Crippen LogP contribution in [0, 0.1) is 5.92 Å². The van der Waals surface area contributed by atoms with Crippen LogP contribution in [0.1, 0.15) is 6.92 Å². The maximum absolute atomic E-state index is 11.1. The summed E-state index contributed by atoms with van der Waals surface area (Å²) >= 11 is 0. The molecule has 86 valence electrons. The van der Waals surface area contributed by atoms with Crippen molar-refractivity contribution in [3.63, 3.8) is 0 Å². The highest BCUT2D eigenvalue weighted by atomic mass is 32.3. The summed E-state index contributed by atoms with van der Waals surface area (Å²) in [5.41, 5.74) is 5.28. The van der Waals surface area contributed by atoms with Gasteiger partial charge in [0.15, 0.2) is 14.9 Å². The normalized spacial score (nSPS) is 15.4. The van der Waals surface area contributed by atoms with E-state index in [0.29, 0.717) is 6.54 Å². The van der Waals surface area contributed by atoms with E-state index in [-0.39, 0.29) is 12.5 Å². The topological polar surface area (TPSA) is 106 Å². The van der Waals surface area contributed by atoms with Crippen molar-refractivity contribution in [3.8, 4) is 0 Å². The Labute approximate surface area is 84.8 Å². The molecule has 0 aliphatic carbocycles. The van der Waals surface area contributed by atoms with Gasteiger partial charge >= 0.3 is 0 Å². The van der Waals surface area contributed by atoms with Crippen molar-refractivity contribution in [2.45, 2.75) is 6.92 Å². The van der Waals surface area contributed by atoms with Crippen LogP contribution in [-0.4, -0.2) is 41.3 Å². The molecule has 0 aromatic carbocycles. The fourth-order valence-corrected chi connectivity index (χ4v) is 3.80.